The number of nitrogens with zero attached hydrogens (tertiary/aromatic N) is 1. The fourth-order valence-electron chi connectivity index (χ4n) is 2.15. The summed E-state index contributed by atoms with van der Waals surface area (Å²) in [5.74, 6) is 1.13. The summed E-state index contributed by atoms with van der Waals surface area (Å²) in [5.41, 5.74) is 1.95. The number of benzene rings is 1. The zero-order valence-electron chi connectivity index (χ0n) is 11.8. The molecule has 0 aromatic heterocycles. The zero-order valence-corrected chi connectivity index (χ0v) is 11.8. The van der Waals surface area contributed by atoms with Gasteiger partial charge in [-0.15, -0.1) is 0 Å². The predicted molar refractivity (Wildman–Crippen MR) is 77.3 cm³/mol. The maximum Gasteiger partial charge on any atom is 0.161 e. The number of carbonyl (C=O) groups excluding carboxylic acids is 1. The van der Waals surface area contributed by atoms with Gasteiger partial charge in [0.05, 0.1) is 6.10 Å². The van der Waals surface area contributed by atoms with Crippen LogP contribution < -0.4 is 4.74 Å². The molecule has 0 aliphatic carbocycles. The van der Waals surface area contributed by atoms with E-state index < -0.39 is 0 Å². The van der Waals surface area contributed by atoms with Crippen molar-refractivity contribution in [3.63, 3.8) is 0 Å². The highest BCUT2D eigenvalue weighted by molar-refractivity contribution is 6.00. The molecule has 0 spiro atoms. The van der Waals surface area contributed by atoms with Crippen molar-refractivity contribution in [2.45, 2.75) is 26.4 Å². The van der Waals surface area contributed by atoms with E-state index in [1.165, 1.54) is 0 Å². The van der Waals surface area contributed by atoms with Crippen molar-refractivity contribution < 1.29 is 9.53 Å². The van der Waals surface area contributed by atoms with E-state index in [1.807, 2.05) is 51.2 Å². The number of Topliss-reactive ketones (excluding diaryl/α,β-unsaturated/α-hetero) is 1. The second-order valence-corrected chi connectivity index (χ2v) is 5.32. The fraction of sp³-hybridized carbons (Fsp3) is 0.438. The molecule has 0 atom stereocenters. The number of rotatable bonds is 3. The third-order valence-electron chi connectivity index (χ3n) is 3.11. The summed E-state index contributed by atoms with van der Waals surface area (Å²) in [6, 6.07) is 7.88. The Morgan fingerprint density at radius 3 is 2.58 bits per heavy atom. The van der Waals surface area contributed by atoms with Crippen LogP contribution >= 0.6 is 0 Å². The lowest BCUT2D eigenvalue weighted by Crippen LogP contribution is -2.32. The first kappa shape index (κ1) is 13.8. The van der Waals surface area contributed by atoms with E-state index in [1.54, 1.807) is 0 Å². The second-order valence-electron chi connectivity index (χ2n) is 5.32. The molecule has 0 radical (unpaired) electrons. The van der Waals surface area contributed by atoms with Crippen LogP contribution in [0.5, 0.6) is 5.75 Å². The Bertz CT molecular complexity index is 474. The summed E-state index contributed by atoms with van der Waals surface area (Å²) in [7, 11) is 2.04. The minimum atomic E-state index is 0.178. The van der Waals surface area contributed by atoms with Gasteiger partial charge in [0.1, 0.15) is 5.75 Å². The van der Waals surface area contributed by atoms with E-state index in [4.69, 9.17) is 4.74 Å². The van der Waals surface area contributed by atoms with Crippen LogP contribution in [0, 0.1) is 0 Å². The van der Waals surface area contributed by atoms with Gasteiger partial charge in [0.2, 0.25) is 0 Å². The molecule has 0 amide bonds. The molecule has 0 N–H and O–H groups in total. The number of ether oxygens (including phenoxy) is 1. The Morgan fingerprint density at radius 1 is 1.26 bits per heavy atom. The van der Waals surface area contributed by atoms with Crippen molar-refractivity contribution in [1.82, 2.24) is 4.90 Å². The lowest BCUT2D eigenvalue weighted by Gasteiger charge is -2.23. The largest absolute Gasteiger partial charge is 0.491 e. The lowest BCUT2D eigenvalue weighted by atomic mass is 10.0. The van der Waals surface area contributed by atoms with Crippen LogP contribution in [0.4, 0.5) is 0 Å². The van der Waals surface area contributed by atoms with Crippen LogP contribution in [-0.4, -0.2) is 36.9 Å². The Balaban J connectivity index is 2.11. The third kappa shape index (κ3) is 3.93. The monoisotopic (exact) mass is 259 g/mol. The average Bonchev–Trinajstić information content (AvgIpc) is 2.35. The summed E-state index contributed by atoms with van der Waals surface area (Å²) >= 11 is 0. The first-order chi connectivity index (χ1) is 9.04. The summed E-state index contributed by atoms with van der Waals surface area (Å²) in [4.78, 5) is 14.0. The molecule has 1 aliphatic heterocycles. The standard InChI is InChI=1S/C16H21NO2/c1-12(2)19-15-6-4-13(5-7-15)10-14-11-17(3)9-8-16(14)18/h4-7,10,12H,8-9,11H2,1-3H3/b14-10+. The summed E-state index contributed by atoms with van der Waals surface area (Å²) in [6.45, 7) is 5.61. The van der Waals surface area contributed by atoms with Gasteiger partial charge < -0.3 is 9.64 Å². The van der Waals surface area contributed by atoms with E-state index >= 15 is 0 Å². The van der Waals surface area contributed by atoms with Crippen molar-refractivity contribution in [2.24, 2.45) is 0 Å². The minimum absolute atomic E-state index is 0.178. The van der Waals surface area contributed by atoms with Crippen LogP contribution in [0.2, 0.25) is 0 Å². The van der Waals surface area contributed by atoms with Crippen LogP contribution in [0.15, 0.2) is 29.8 Å². The van der Waals surface area contributed by atoms with E-state index in [0.717, 1.165) is 30.0 Å². The molecule has 0 bridgehead atoms. The normalized spacial score (nSPS) is 19.2. The van der Waals surface area contributed by atoms with Crippen molar-refractivity contribution in [3.05, 3.63) is 35.4 Å². The van der Waals surface area contributed by atoms with E-state index in [2.05, 4.69) is 4.90 Å². The molecule has 3 nitrogen and oxygen atoms in total. The SMILES string of the molecule is CC(C)Oc1ccc(/C=C2\CN(C)CCC2=O)cc1. The Morgan fingerprint density at radius 2 is 1.95 bits per heavy atom. The van der Waals surface area contributed by atoms with Gasteiger partial charge in [-0.1, -0.05) is 12.1 Å². The number of likely N-dealkylation sites (N-methyl/N-ethyl adjacent to an activating group) is 1. The van der Waals surface area contributed by atoms with Crippen LogP contribution in [0.1, 0.15) is 25.8 Å². The Hall–Kier alpha value is -1.61. The highest BCUT2D eigenvalue weighted by Crippen LogP contribution is 2.18. The van der Waals surface area contributed by atoms with Crippen LogP contribution in [0.25, 0.3) is 6.08 Å². The second kappa shape index (κ2) is 6.02. The molecule has 1 aromatic carbocycles. The molecule has 1 aliphatic rings. The van der Waals surface area contributed by atoms with Crippen molar-refractivity contribution >= 4 is 11.9 Å². The van der Waals surface area contributed by atoms with E-state index in [-0.39, 0.29) is 11.9 Å². The number of hydrogen-bond acceptors (Lipinski definition) is 3. The molecule has 1 heterocycles. The van der Waals surface area contributed by atoms with Gasteiger partial charge in [0, 0.05) is 25.1 Å². The summed E-state index contributed by atoms with van der Waals surface area (Å²) in [5, 5.41) is 0. The van der Waals surface area contributed by atoms with Gasteiger partial charge in [-0.25, -0.2) is 0 Å². The smallest absolute Gasteiger partial charge is 0.161 e. The molecule has 0 unspecified atom stereocenters. The van der Waals surface area contributed by atoms with E-state index in [0.29, 0.717) is 6.42 Å². The predicted octanol–water partition coefficient (Wildman–Crippen LogP) is 2.76. The van der Waals surface area contributed by atoms with Gasteiger partial charge in [-0.05, 0) is 44.7 Å². The quantitative estimate of drug-likeness (QED) is 0.782. The average molecular weight is 259 g/mol. The van der Waals surface area contributed by atoms with Crippen LogP contribution in [-0.2, 0) is 4.79 Å². The first-order valence-electron chi connectivity index (χ1n) is 6.73. The molecular weight excluding hydrogens is 238 g/mol. The topological polar surface area (TPSA) is 29.5 Å². The number of hydrogen-bond donors (Lipinski definition) is 0. The van der Waals surface area contributed by atoms with Gasteiger partial charge in [0.25, 0.3) is 0 Å². The number of carbonyl (C=O) groups is 1. The molecule has 0 saturated carbocycles. The van der Waals surface area contributed by atoms with Crippen molar-refractivity contribution in [1.29, 1.82) is 0 Å². The molecule has 1 aromatic rings. The maximum absolute atomic E-state index is 11.8. The van der Waals surface area contributed by atoms with Crippen molar-refractivity contribution in [2.75, 3.05) is 20.1 Å². The highest BCUT2D eigenvalue weighted by atomic mass is 16.5. The van der Waals surface area contributed by atoms with Gasteiger partial charge in [0.15, 0.2) is 5.78 Å². The third-order valence-corrected chi connectivity index (χ3v) is 3.11. The Labute approximate surface area is 114 Å². The number of ketones is 1. The first-order valence-corrected chi connectivity index (χ1v) is 6.73. The van der Waals surface area contributed by atoms with Gasteiger partial charge in [-0.3, -0.25) is 4.79 Å². The molecule has 19 heavy (non-hydrogen) atoms. The van der Waals surface area contributed by atoms with Gasteiger partial charge >= 0.3 is 0 Å². The maximum atomic E-state index is 11.8. The van der Waals surface area contributed by atoms with Crippen LogP contribution in [0.3, 0.4) is 0 Å². The lowest BCUT2D eigenvalue weighted by molar-refractivity contribution is -0.117. The number of likely N-dealkylation sites (tertiary alicyclic amines) is 1. The van der Waals surface area contributed by atoms with Gasteiger partial charge in [-0.2, -0.15) is 0 Å². The molecule has 3 heteroatoms. The number of piperidine rings is 1. The minimum Gasteiger partial charge on any atom is -0.491 e. The van der Waals surface area contributed by atoms with E-state index in [9.17, 15) is 4.79 Å². The molecule has 102 valence electrons. The molecular formula is C16H21NO2. The highest BCUT2D eigenvalue weighted by Gasteiger charge is 2.18. The Kier molecular flexibility index (Phi) is 4.38. The summed E-state index contributed by atoms with van der Waals surface area (Å²) < 4.78 is 5.60. The summed E-state index contributed by atoms with van der Waals surface area (Å²) in [6.07, 6.45) is 2.78. The zero-order chi connectivity index (χ0) is 13.8. The molecule has 1 saturated heterocycles. The fourth-order valence-corrected chi connectivity index (χ4v) is 2.15. The molecule has 2 rings (SSSR count). The molecule has 1 fully saturated rings. The van der Waals surface area contributed by atoms with Crippen molar-refractivity contribution in [3.8, 4) is 5.75 Å².